The van der Waals surface area contributed by atoms with E-state index in [9.17, 15) is 15.0 Å². The van der Waals surface area contributed by atoms with Gasteiger partial charge in [0.15, 0.2) is 17.0 Å². The van der Waals surface area contributed by atoms with Crippen LogP contribution in [0.25, 0.3) is 0 Å². The maximum absolute atomic E-state index is 11.4. The van der Waals surface area contributed by atoms with E-state index in [1.807, 2.05) is 0 Å². The number of benzene rings is 1. The summed E-state index contributed by atoms with van der Waals surface area (Å²) in [6, 6.07) is 5.04. The number of phenolic OH excluding ortho intramolecular Hbond substituents is 1. The number of carboxylic acid groups (broad SMARTS) is 1. The van der Waals surface area contributed by atoms with Crippen LogP contribution in [0.4, 0.5) is 0 Å². The first-order valence-corrected chi connectivity index (χ1v) is 9.03. The molecule has 0 bridgehead atoms. The number of amidine groups is 1. The van der Waals surface area contributed by atoms with Crippen molar-refractivity contribution >= 4 is 11.8 Å². The molecule has 0 amide bonds. The number of phenols is 1. The van der Waals surface area contributed by atoms with Crippen molar-refractivity contribution in [2.24, 2.45) is 4.99 Å². The third-order valence-electron chi connectivity index (χ3n) is 4.25. The maximum atomic E-state index is 11.4. The Bertz CT molecular complexity index is 695. The molecule has 0 fully saturated rings. The molecule has 9 heteroatoms. The molecule has 1 aliphatic heterocycles. The van der Waals surface area contributed by atoms with Gasteiger partial charge in [0.2, 0.25) is 0 Å². The van der Waals surface area contributed by atoms with Crippen LogP contribution in [0.3, 0.4) is 0 Å². The summed E-state index contributed by atoms with van der Waals surface area (Å²) in [6.45, 7) is 4.35. The van der Waals surface area contributed by atoms with Gasteiger partial charge in [-0.3, -0.25) is 0 Å². The number of aliphatic carboxylic acids is 1. The molecule has 1 aromatic carbocycles. The standard InChI is InChI=1S/C19H28N2O7/c1-19(18(23)24)13-21(2)17(20-19)14-5-4-6-15(16(14)22)28-12-11-27-10-9-26-8-7-25-3/h4-6,22H,7-13H2,1-3H3,(H,23,24)/t19-/m1/s1. The third kappa shape index (κ3) is 5.57. The highest BCUT2D eigenvalue weighted by molar-refractivity contribution is 6.05. The Kier molecular flexibility index (Phi) is 8.04. The summed E-state index contributed by atoms with van der Waals surface area (Å²) in [6.07, 6.45) is 0. The summed E-state index contributed by atoms with van der Waals surface area (Å²) in [5.41, 5.74) is -0.815. The van der Waals surface area contributed by atoms with Crippen molar-refractivity contribution in [3.05, 3.63) is 23.8 Å². The van der Waals surface area contributed by atoms with Gasteiger partial charge in [0.05, 0.1) is 45.1 Å². The zero-order valence-electron chi connectivity index (χ0n) is 16.5. The van der Waals surface area contributed by atoms with Crippen molar-refractivity contribution < 1.29 is 34.0 Å². The number of carbonyl (C=O) groups is 1. The molecule has 0 aliphatic carbocycles. The molecule has 0 spiro atoms. The third-order valence-corrected chi connectivity index (χ3v) is 4.25. The molecule has 0 radical (unpaired) electrons. The summed E-state index contributed by atoms with van der Waals surface area (Å²) >= 11 is 0. The number of aromatic hydroxyl groups is 1. The number of hydrogen-bond donors (Lipinski definition) is 2. The van der Waals surface area contributed by atoms with E-state index >= 15 is 0 Å². The highest BCUT2D eigenvalue weighted by atomic mass is 16.6. The molecule has 156 valence electrons. The number of aliphatic imine (C=N–C) groups is 1. The van der Waals surface area contributed by atoms with Gasteiger partial charge in [0, 0.05) is 14.2 Å². The first-order chi connectivity index (χ1) is 13.4. The molecule has 1 heterocycles. The Morgan fingerprint density at radius 3 is 2.43 bits per heavy atom. The van der Waals surface area contributed by atoms with Gasteiger partial charge in [0.1, 0.15) is 12.4 Å². The number of para-hydroxylation sites is 1. The van der Waals surface area contributed by atoms with Crippen molar-refractivity contribution in [1.29, 1.82) is 0 Å². The Hall–Kier alpha value is -2.36. The molecule has 1 aliphatic rings. The first-order valence-electron chi connectivity index (χ1n) is 9.03. The summed E-state index contributed by atoms with van der Waals surface area (Å²) < 4.78 is 21.2. The number of hydrogen-bond acceptors (Lipinski definition) is 8. The van der Waals surface area contributed by atoms with Crippen LogP contribution >= 0.6 is 0 Å². The number of nitrogens with zero attached hydrogens (tertiary/aromatic N) is 2. The van der Waals surface area contributed by atoms with E-state index in [0.29, 0.717) is 44.4 Å². The summed E-state index contributed by atoms with van der Waals surface area (Å²) in [7, 11) is 3.35. The smallest absolute Gasteiger partial charge is 0.333 e. The van der Waals surface area contributed by atoms with Gasteiger partial charge in [-0.1, -0.05) is 6.07 Å². The van der Waals surface area contributed by atoms with Crippen molar-refractivity contribution in [1.82, 2.24) is 4.90 Å². The zero-order valence-corrected chi connectivity index (χ0v) is 16.5. The average molecular weight is 396 g/mol. The summed E-state index contributed by atoms with van der Waals surface area (Å²) in [5, 5.41) is 19.9. The molecule has 1 aromatic rings. The van der Waals surface area contributed by atoms with Crippen LogP contribution in [-0.2, 0) is 19.0 Å². The molecule has 0 unspecified atom stereocenters. The largest absolute Gasteiger partial charge is 0.504 e. The number of carboxylic acids is 1. The SMILES string of the molecule is COCCOCCOCCOc1cccc(C2=N[C@@](C)(C(=O)O)CN2C)c1O. The Morgan fingerprint density at radius 1 is 1.18 bits per heavy atom. The van der Waals surface area contributed by atoms with Gasteiger partial charge in [-0.25, -0.2) is 9.79 Å². The molecule has 0 saturated carbocycles. The lowest BCUT2D eigenvalue weighted by Crippen LogP contribution is -2.38. The van der Waals surface area contributed by atoms with Gasteiger partial charge < -0.3 is 34.1 Å². The minimum atomic E-state index is -1.24. The summed E-state index contributed by atoms with van der Waals surface area (Å²) in [4.78, 5) is 17.5. The van der Waals surface area contributed by atoms with Gasteiger partial charge in [-0.2, -0.15) is 0 Å². The Balaban J connectivity index is 1.89. The van der Waals surface area contributed by atoms with E-state index in [1.165, 1.54) is 0 Å². The van der Waals surface area contributed by atoms with Crippen LogP contribution in [0.1, 0.15) is 12.5 Å². The lowest BCUT2D eigenvalue weighted by molar-refractivity contribution is -0.142. The molecule has 2 N–H and O–H groups in total. The highest BCUT2D eigenvalue weighted by Gasteiger charge is 2.41. The van der Waals surface area contributed by atoms with E-state index in [2.05, 4.69) is 4.99 Å². The topological polar surface area (TPSA) is 110 Å². The van der Waals surface area contributed by atoms with Crippen molar-refractivity contribution in [3.63, 3.8) is 0 Å². The van der Waals surface area contributed by atoms with E-state index in [1.54, 1.807) is 44.2 Å². The van der Waals surface area contributed by atoms with Gasteiger partial charge in [-0.15, -0.1) is 0 Å². The number of ether oxygens (including phenoxy) is 4. The predicted molar refractivity (Wildman–Crippen MR) is 102 cm³/mol. The van der Waals surface area contributed by atoms with Crippen LogP contribution in [0.5, 0.6) is 11.5 Å². The van der Waals surface area contributed by atoms with E-state index in [4.69, 9.17) is 18.9 Å². The number of rotatable bonds is 12. The molecule has 9 nitrogen and oxygen atoms in total. The van der Waals surface area contributed by atoms with Crippen LogP contribution in [0, 0.1) is 0 Å². The number of likely N-dealkylation sites (N-methyl/N-ethyl adjacent to an activating group) is 1. The van der Waals surface area contributed by atoms with E-state index < -0.39 is 11.5 Å². The van der Waals surface area contributed by atoms with Gasteiger partial charge >= 0.3 is 5.97 Å². The van der Waals surface area contributed by atoms with Crippen LogP contribution in [0.2, 0.25) is 0 Å². The molecule has 0 saturated heterocycles. The van der Waals surface area contributed by atoms with Crippen molar-refractivity contribution in [2.45, 2.75) is 12.5 Å². The fourth-order valence-electron chi connectivity index (χ4n) is 2.77. The molecule has 28 heavy (non-hydrogen) atoms. The van der Waals surface area contributed by atoms with E-state index in [0.717, 1.165) is 0 Å². The van der Waals surface area contributed by atoms with Crippen molar-refractivity contribution in [2.75, 3.05) is 60.3 Å². The van der Waals surface area contributed by atoms with Crippen LogP contribution < -0.4 is 4.74 Å². The van der Waals surface area contributed by atoms with E-state index in [-0.39, 0.29) is 24.7 Å². The predicted octanol–water partition coefficient (Wildman–Crippen LogP) is 0.986. The lowest BCUT2D eigenvalue weighted by Gasteiger charge is -2.18. The van der Waals surface area contributed by atoms with Gasteiger partial charge in [0.25, 0.3) is 0 Å². The lowest BCUT2D eigenvalue weighted by atomic mass is 10.1. The Morgan fingerprint density at radius 2 is 1.82 bits per heavy atom. The number of methoxy groups -OCH3 is 1. The monoisotopic (exact) mass is 396 g/mol. The first kappa shape index (κ1) is 21.9. The van der Waals surface area contributed by atoms with Crippen molar-refractivity contribution in [3.8, 4) is 11.5 Å². The summed E-state index contributed by atoms with van der Waals surface area (Å²) in [5.74, 6) is -0.384. The fraction of sp³-hybridized carbons (Fsp3) is 0.579. The minimum absolute atomic E-state index is 0.0781. The van der Waals surface area contributed by atoms with Crippen LogP contribution in [-0.4, -0.2) is 92.8 Å². The second kappa shape index (κ2) is 10.3. The molecular weight excluding hydrogens is 368 g/mol. The normalized spacial score (nSPS) is 19.0. The molecule has 0 aromatic heterocycles. The second-order valence-electron chi connectivity index (χ2n) is 6.59. The minimum Gasteiger partial charge on any atom is -0.504 e. The maximum Gasteiger partial charge on any atom is 0.333 e. The molecule has 1 atom stereocenters. The second-order valence-corrected chi connectivity index (χ2v) is 6.59. The van der Waals surface area contributed by atoms with Gasteiger partial charge in [-0.05, 0) is 19.1 Å². The van der Waals surface area contributed by atoms with Crippen LogP contribution in [0.15, 0.2) is 23.2 Å². The molecular formula is C19H28N2O7. The average Bonchev–Trinajstić information content (AvgIpc) is 2.97. The quantitative estimate of drug-likeness (QED) is 0.503. The molecule has 2 rings (SSSR count). The fourth-order valence-corrected chi connectivity index (χ4v) is 2.77. The Labute approximate surface area is 164 Å². The highest BCUT2D eigenvalue weighted by Crippen LogP contribution is 2.33. The zero-order chi connectivity index (χ0) is 20.6.